The van der Waals surface area contributed by atoms with E-state index < -0.39 is 10.4 Å². The molecule has 0 spiro atoms. The van der Waals surface area contributed by atoms with E-state index in [4.69, 9.17) is 17.5 Å². The van der Waals surface area contributed by atoms with Gasteiger partial charge in [-0.15, -0.1) is 0 Å². The van der Waals surface area contributed by atoms with E-state index in [0.29, 0.717) is 0 Å². The third kappa shape index (κ3) is 270. The molecule has 5 nitrogen and oxygen atoms in total. The Morgan fingerprint density at radius 2 is 1.14 bits per heavy atom. The van der Waals surface area contributed by atoms with Gasteiger partial charge in [-0.3, -0.25) is 8.42 Å². The molecule has 1 N–H and O–H groups in total. The van der Waals surface area contributed by atoms with Crippen molar-refractivity contribution in [1.82, 2.24) is 0 Å². The van der Waals surface area contributed by atoms with Crippen molar-refractivity contribution in [3.8, 4) is 0 Å². The van der Waals surface area contributed by atoms with Crippen molar-refractivity contribution in [3.05, 3.63) is 0 Å². The molecular formula is HO5PbS-3. The van der Waals surface area contributed by atoms with Gasteiger partial charge in [0, 0.05) is 37.7 Å². The summed E-state index contributed by atoms with van der Waals surface area (Å²) >= 11 is 0. The van der Waals surface area contributed by atoms with E-state index in [1.54, 1.807) is 0 Å². The molecular weight excluding hydrogens is 319 g/mol. The number of hydrogen-bond donors (Lipinski definition) is 0. The Kier molecular flexibility index (Phi) is 11.0. The minimum absolute atomic E-state index is 0. The van der Waals surface area contributed by atoms with Gasteiger partial charge in [0.05, 0.1) is 0 Å². The van der Waals surface area contributed by atoms with Crippen LogP contribution < -0.4 is 0 Å². The summed E-state index contributed by atoms with van der Waals surface area (Å²) in [6.07, 6.45) is 0. The van der Waals surface area contributed by atoms with E-state index in [1.807, 2.05) is 0 Å². The smallest absolute Gasteiger partial charge is 0.0311 e. The summed E-state index contributed by atoms with van der Waals surface area (Å²) in [6, 6.07) is 0. The second-order valence-corrected chi connectivity index (χ2v) is 1.22. The van der Waals surface area contributed by atoms with E-state index in [0.717, 1.165) is 0 Å². The topological polar surface area (TPSA) is 110 Å². The minimum atomic E-state index is -5.17. The monoisotopic (exact) mass is 321 g/mol. The Balaban J connectivity index is -0.0000000800. The SMILES string of the molecule is O=S(=O)([O-])[O-].[OH-].[Pb]. The van der Waals surface area contributed by atoms with Crippen LogP contribution in [0.15, 0.2) is 0 Å². The molecule has 0 aliphatic heterocycles. The van der Waals surface area contributed by atoms with E-state index >= 15 is 0 Å². The van der Waals surface area contributed by atoms with Crippen LogP contribution in [0.3, 0.4) is 0 Å². The fourth-order valence-electron chi connectivity index (χ4n) is 0. The van der Waals surface area contributed by atoms with Crippen molar-refractivity contribution in [3.63, 3.8) is 0 Å². The maximum absolute atomic E-state index is 8.52. The average Bonchev–Trinajstić information content (AvgIpc) is 0.722. The summed E-state index contributed by atoms with van der Waals surface area (Å²) in [4.78, 5) is 0. The zero-order chi connectivity index (χ0) is 4.50. The molecule has 0 aromatic carbocycles. The van der Waals surface area contributed by atoms with E-state index in [-0.39, 0.29) is 32.8 Å². The molecule has 44 valence electrons. The van der Waals surface area contributed by atoms with Crippen LogP contribution in [0, 0.1) is 0 Å². The first-order valence-corrected chi connectivity index (χ1v) is 2.00. The molecule has 0 aliphatic rings. The van der Waals surface area contributed by atoms with Crippen molar-refractivity contribution in [2.45, 2.75) is 0 Å². The van der Waals surface area contributed by atoms with E-state index in [2.05, 4.69) is 0 Å². The molecule has 7 heteroatoms. The maximum Gasteiger partial charge on any atom is 0.0311 e. The van der Waals surface area contributed by atoms with Gasteiger partial charge in [0.1, 0.15) is 0 Å². The molecule has 0 rings (SSSR count). The largest absolute Gasteiger partial charge is 0.870 e. The van der Waals surface area contributed by atoms with Gasteiger partial charge in [0.2, 0.25) is 0 Å². The molecule has 0 aromatic rings. The Bertz CT molecular complexity index is 91.2. The van der Waals surface area contributed by atoms with Gasteiger partial charge in [-0.25, -0.2) is 0 Å². The van der Waals surface area contributed by atoms with Gasteiger partial charge in [0.15, 0.2) is 0 Å². The van der Waals surface area contributed by atoms with Crippen molar-refractivity contribution >= 4 is 37.7 Å². The first-order valence-electron chi connectivity index (χ1n) is 0.667. The molecule has 0 heterocycles. The van der Waals surface area contributed by atoms with Crippen molar-refractivity contribution in [2.24, 2.45) is 0 Å². The van der Waals surface area contributed by atoms with Crippen molar-refractivity contribution in [2.75, 3.05) is 0 Å². The van der Waals surface area contributed by atoms with Gasteiger partial charge in [-0.05, 0) is 0 Å². The molecule has 0 saturated heterocycles. The molecule has 0 bridgehead atoms. The fraction of sp³-hybridized carbons (Fsp3) is 0. The Labute approximate surface area is 60.8 Å². The number of hydrogen-bond acceptors (Lipinski definition) is 5. The summed E-state index contributed by atoms with van der Waals surface area (Å²) in [5.74, 6) is 0. The van der Waals surface area contributed by atoms with Gasteiger partial charge in [-0.2, -0.15) is 0 Å². The quantitative estimate of drug-likeness (QED) is 0.294. The zero-order valence-corrected chi connectivity index (χ0v) is 7.69. The van der Waals surface area contributed by atoms with Crippen molar-refractivity contribution in [1.29, 1.82) is 0 Å². The van der Waals surface area contributed by atoms with Crippen LogP contribution in [0.25, 0.3) is 0 Å². The predicted molar refractivity (Wildman–Crippen MR) is 18.2 cm³/mol. The van der Waals surface area contributed by atoms with E-state index in [9.17, 15) is 0 Å². The Morgan fingerprint density at radius 1 is 1.14 bits per heavy atom. The van der Waals surface area contributed by atoms with Gasteiger partial charge in [0.25, 0.3) is 0 Å². The second kappa shape index (κ2) is 4.90. The first-order chi connectivity index (χ1) is 2.00. The Morgan fingerprint density at radius 3 is 1.14 bits per heavy atom. The molecule has 7 heavy (non-hydrogen) atoms. The van der Waals surface area contributed by atoms with Crippen LogP contribution in [0.4, 0.5) is 0 Å². The van der Waals surface area contributed by atoms with Crippen LogP contribution in [0.1, 0.15) is 0 Å². The molecule has 0 saturated carbocycles. The van der Waals surface area contributed by atoms with Crippen LogP contribution in [0.2, 0.25) is 0 Å². The van der Waals surface area contributed by atoms with Crippen LogP contribution in [-0.4, -0.2) is 50.3 Å². The molecule has 0 unspecified atom stereocenters. The summed E-state index contributed by atoms with van der Waals surface area (Å²) in [7, 11) is -5.17. The molecule has 0 fully saturated rings. The van der Waals surface area contributed by atoms with Crippen LogP contribution in [-0.2, 0) is 10.4 Å². The van der Waals surface area contributed by atoms with Gasteiger partial charge < -0.3 is 14.6 Å². The zero-order valence-electron chi connectivity index (χ0n) is 2.99. The summed E-state index contributed by atoms with van der Waals surface area (Å²) < 4.78 is 34.1. The normalized spacial score (nSPS) is 8.29. The fourth-order valence-corrected chi connectivity index (χ4v) is 0. The summed E-state index contributed by atoms with van der Waals surface area (Å²) in [5, 5.41) is 0. The molecule has 4 radical (unpaired) electrons. The molecule has 0 aliphatic carbocycles. The van der Waals surface area contributed by atoms with E-state index in [1.165, 1.54) is 0 Å². The number of rotatable bonds is 0. The summed E-state index contributed by atoms with van der Waals surface area (Å²) in [6.45, 7) is 0. The minimum Gasteiger partial charge on any atom is -0.870 e. The second-order valence-electron chi connectivity index (χ2n) is 0.408. The third-order valence-corrected chi connectivity index (χ3v) is 0. The molecule has 0 aromatic heterocycles. The standard InChI is InChI=1S/H2O4S.H2O.Pb/c1-5(2,3)4;;/h(H2,1,2,3,4);1H2;/p-3. The maximum atomic E-state index is 8.52. The third-order valence-electron chi connectivity index (χ3n) is 0. The Hall–Kier alpha value is 0.752. The summed E-state index contributed by atoms with van der Waals surface area (Å²) in [5.41, 5.74) is 0. The first kappa shape index (κ1) is 15.7. The van der Waals surface area contributed by atoms with Gasteiger partial charge >= 0.3 is 0 Å². The van der Waals surface area contributed by atoms with Crippen LogP contribution >= 0.6 is 0 Å². The molecule has 0 amide bonds. The predicted octanol–water partition coefficient (Wildman–Crippen LogP) is -1.90. The van der Waals surface area contributed by atoms with Crippen LogP contribution in [0.5, 0.6) is 0 Å². The molecule has 0 atom stereocenters. The van der Waals surface area contributed by atoms with Gasteiger partial charge in [-0.1, -0.05) is 0 Å². The average molecular weight is 320 g/mol. The van der Waals surface area contributed by atoms with Crippen molar-refractivity contribution < 1.29 is 23.0 Å².